The van der Waals surface area contributed by atoms with Gasteiger partial charge < -0.3 is 15.4 Å². The fraction of sp³-hybridized carbons (Fsp3) is 0.190. The minimum atomic E-state index is -0.219. The molecule has 0 atom stereocenters. The first-order valence-corrected chi connectivity index (χ1v) is 8.60. The molecule has 0 aliphatic heterocycles. The van der Waals surface area contributed by atoms with Crippen molar-refractivity contribution >= 4 is 23.2 Å². The fourth-order valence-corrected chi connectivity index (χ4v) is 2.76. The first kappa shape index (κ1) is 18.4. The molecule has 0 unspecified atom stereocenters. The molecule has 0 aliphatic carbocycles. The number of nitrogens with one attached hydrogen (secondary N) is 2. The first-order valence-electron chi connectivity index (χ1n) is 8.60. The molecule has 0 saturated carbocycles. The predicted molar refractivity (Wildman–Crippen MR) is 107 cm³/mol. The van der Waals surface area contributed by atoms with E-state index in [1.54, 1.807) is 19.2 Å². The van der Waals surface area contributed by atoms with Crippen molar-refractivity contribution in [2.24, 2.45) is 0 Å². The Morgan fingerprint density at radius 2 is 1.70 bits per heavy atom. The van der Waals surface area contributed by atoms with Crippen molar-refractivity contribution < 1.29 is 9.53 Å². The zero-order chi connectivity index (χ0) is 19.4. The number of carbonyl (C=O) groups excluding carboxylic acids is 1. The summed E-state index contributed by atoms with van der Waals surface area (Å²) in [6.45, 7) is 5.79. The summed E-state index contributed by atoms with van der Waals surface area (Å²) in [7, 11) is 1.58. The van der Waals surface area contributed by atoms with Crippen molar-refractivity contribution in [1.82, 2.24) is 9.97 Å². The molecule has 1 aromatic heterocycles. The second-order valence-corrected chi connectivity index (χ2v) is 6.34. The molecule has 27 heavy (non-hydrogen) atoms. The molecule has 138 valence electrons. The van der Waals surface area contributed by atoms with E-state index in [9.17, 15) is 4.79 Å². The second kappa shape index (κ2) is 7.86. The first-order chi connectivity index (χ1) is 12.9. The van der Waals surface area contributed by atoms with E-state index in [0.717, 1.165) is 22.6 Å². The van der Waals surface area contributed by atoms with Gasteiger partial charge in [0.15, 0.2) is 0 Å². The molecular weight excluding hydrogens is 340 g/mol. The number of anilines is 3. The largest absolute Gasteiger partial charge is 0.495 e. The molecule has 0 aliphatic rings. The van der Waals surface area contributed by atoms with E-state index in [4.69, 9.17) is 4.74 Å². The van der Waals surface area contributed by atoms with Gasteiger partial charge in [0, 0.05) is 22.6 Å². The molecule has 3 aromatic rings. The van der Waals surface area contributed by atoms with Crippen molar-refractivity contribution in [1.29, 1.82) is 0 Å². The smallest absolute Gasteiger partial charge is 0.255 e. The maximum Gasteiger partial charge on any atom is 0.255 e. The van der Waals surface area contributed by atoms with Gasteiger partial charge in [-0.25, -0.2) is 9.97 Å². The molecule has 1 heterocycles. The van der Waals surface area contributed by atoms with Crippen LogP contribution in [-0.2, 0) is 0 Å². The van der Waals surface area contributed by atoms with E-state index in [2.05, 4.69) is 20.6 Å². The minimum absolute atomic E-state index is 0.219. The Balaban J connectivity index is 1.80. The van der Waals surface area contributed by atoms with Crippen LogP contribution in [0.25, 0.3) is 0 Å². The van der Waals surface area contributed by atoms with Gasteiger partial charge in [-0.05, 0) is 62.7 Å². The Labute approximate surface area is 158 Å². The number of nitrogens with zero attached hydrogens (tertiary/aromatic N) is 2. The van der Waals surface area contributed by atoms with E-state index in [1.165, 1.54) is 0 Å². The Hall–Kier alpha value is -3.41. The van der Waals surface area contributed by atoms with Crippen LogP contribution in [0.4, 0.5) is 17.3 Å². The number of amides is 1. The lowest BCUT2D eigenvalue weighted by atomic mass is 10.1. The van der Waals surface area contributed by atoms with Gasteiger partial charge in [-0.2, -0.15) is 0 Å². The van der Waals surface area contributed by atoms with Gasteiger partial charge in [-0.1, -0.05) is 12.1 Å². The maximum atomic E-state index is 12.7. The topological polar surface area (TPSA) is 76.1 Å². The highest BCUT2D eigenvalue weighted by atomic mass is 16.5. The van der Waals surface area contributed by atoms with E-state index in [1.807, 2.05) is 57.2 Å². The van der Waals surface area contributed by atoms with Crippen LogP contribution in [0.3, 0.4) is 0 Å². The van der Waals surface area contributed by atoms with E-state index in [-0.39, 0.29) is 5.91 Å². The van der Waals surface area contributed by atoms with Gasteiger partial charge in [-0.15, -0.1) is 0 Å². The number of ether oxygens (including phenoxy) is 1. The highest BCUT2D eigenvalue weighted by Gasteiger charge is 2.11. The number of hydrogen-bond donors (Lipinski definition) is 2. The molecular formula is C21H22N4O2. The van der Waals surface area contributed by atoms with Gasteiger partial charge in [0.25, 0.3) is 5.91 Å². The predicted octanol–water partition coefficient (Wildman–Crippen LogP) is 4.41. The zero-order valence-corrected chi connectivity index (χ0v) is 15.8. The lowest BCUT2D eigenvalue weighted by molar-refractivity contribution is 0.102. The monoisotopic (exact) mass is 362 g/mol. The summed E-state index contributed by atoms with van der Waals surface area (Å²) < 4.78 is 5.32. The van der Waals surface area contributed by atoms with Gasteiger partial charge in [0.1, 0.15) is 5.75 Å². The summed E-state index contributed by atoms with van der Waals surface area (Å²) in [5, 5.41) is 6.05. The number of hydrogen-bond acceptors (Lipinski definition) is 5. The quantitative estimate of drug-likeness (QED) is 0.703. The van der Waals surface area contributed by atoms with Crippen LogP contribution in [0, 0.1) is 20.8 Å². The lowest BCUT2D eigenvalue weighted by Crippen LogP contribution is -2.13. The van der Waals surface area contributed by atoms with Crippen molar-refractivity contribution in [3.05, 3.63) is 71.0 Å². The number of carbonyl (C=O) groups is 1. The van der Waals surface area contributed by atoms with Crippen LogP contribution in [0.1, 0.15) is 27.3 Å². The number of methoxy groups -OCH3 is 1. The highest BCUT2D eigenvalue weighted by Crippen LogP contribution is 2.26. The van der Waals surface area contributed by atoms with Crippen molar-refractivity contribution in [3.8, 4) is 5.75 Å². The average Bonchev–Trinajstić information content (AvgIpc) is 2.61. The summed E-state index contributed by atoms with van der Waals surface area (Å²) in [5.74, 6) is 0.904. The van der Waals surface area contributed by atoms with Crippen molar-refractivity contribution in [3.63, 3.8) is 0 Å². The van der Waals surface area contributed by atoms with Gasteiger partial charge >= 0.3 is 0 Å². The Kier molecular flexibility index (Phi) is 5.35. The molecule has 2 aromatic carbocycles. The van der Waals surface area contributed by atoms with Gasteiger partial charge in [0.2, 0.25) is 5.95 Å². The third-order valence-electron chi connectivity index (χ3n) is 3.97. The minimum Gasteiger partial charge on any atom is -0.495 e. The Morgan fingerprint density at radius 1 is 0.963 bits per heavy atom. The highest BCUT2D eigenvalue weighted by molar-refractivity contribution is 6.05. The molecule has 0 spiro atoms. The molecule has 6 heteroatoms. The number of aryl methyl sites for hydroxylation is 3. The van der Waals surface area contributed by atoms with Crippen LogP contribution in [0.5, 0.6) is 5.75 Å². The molecule has 3 rings (SSSR count). The van der Waals surface area contributed by atoms with Gasteiger partial charge in [-0.3, -0.25) is 4.79 Å². The summed E-state index contributed by atoms with van der Waals surface area (Å²) in [6, 6.07) is 14.7. The van der Waals surface area contributed by atoms with Crippen molar-refractivity contribution in [2.45, 2.75) is 20.8 Å². The van der Waals surface area contributed by atoms with Crippen LogP contribution in [-0.4, -0.2) is 23.0 Å². The van der Waals surface area contributed by atoms with Crippen molar-refractivity contribution in [2.75, 3.05) is 17.7 Å². The van der Waals surface area contributed by atoms with Crippen LogP contribution in [0.15, 0.2) is 48.5 Å². The standard InChI is InChI=1S/C21H22N4O2/c1-13-8-9-19(27-4)18(10-13)25-20(26)16-6-5-7-17(12-16)24-21-22-14(2)11-15(3)23-21/h5-12H,1-4H3,(H,25,26)(H,22,23,24). The summed E-state index contributed by atoms with van der Waals surface area (Å²) >= 11 is 0. The summed E-state index contributed by atoms with van der Waals surface area (Å²) in [4.78, 5) is 21.4. The van der Waals surface area contributed by atoms with E-state index in [0.29, 0.717) is 22.9 Å². The normalized spacial score (nSPS) is 10.4. The lowest BCUT2D eigenvalue weighted by Gasteiger charge is -2.12. The Morgan fingerprint density at radius 3 is 2.41 bits per heavy atom. The molecule has 0 radical (unpaired) electrons. The summed E-state index contributed by atoms with van der Waals surface area (Å²) in [5.41, 5.74) is 4.69. The number of aromatic nitrogens is 2. The van der Waals surface area contributed by atoms with E-state index < -0.39 is 0 Å². The zero-order valence-electron chi connectivity index (χ0n) is 15.8. The maximum absolute atomic E-state index is 12.7. The SMILES string of the molecule is COc1ccc(C)cc1NC(=O)c1cccc(Nc2nc(C)cc(C)n2)c1. The molecule has 2 N–H and O–H groups in total. The second-order valence-electron chi connectivity index (χ2n) is 6.34. The summed E-state index contributed by atoms with van der Waals surface area (Å²) in [6.07, 6.45) is 0. The van der Waals surface area contributed by atoms with Gasteiger partial charge in [0.05, 0.1) is 12.8 Å². The van der Waals surface area contributed by atoms with Crippen LogP contribution >= 0.6 is 0 Å². The number of benzene rings is 2. The van der Waals surface area contributed by atoms with Crippen LogP contribution < -0.4 is 15.4 Å². The molecule has 0 saturated heterocycles. The fourth-order valence-electron chi connectivity index (χ4n) is 2.76. The number of rotatable bonds is 5. The van der Waals surface area contributed by atoms with Crippen LogP contribution in [0.2, 0.25) is 0 Å². The average molecular weight is 362 g/mol. The molecule has 6 nitrogen and oxygen atoms in total. The third kappa shape index (κ3) is 4.61. The third-order valence-corrected chi connectivity index (χ3v) is 3.97. The van der Waals surface area contributed by atoms with E-state index >= 15 is 0 Å². The molecule has 0 bridgehead atoms. The molecule has 1 amide bonds. The Bertz CT molecular complexity index is 965. The molecule has 0 fully saturated rings.